The maximum Gasteiger partial charge on any atom is 0.407 e. The first kappa shape index (κ1) is 22.8. The van der Waals surface area contributed by atoms with Crippen LogP contribution in [0.3, 0.4) is 0 Å². The van der Waals surface area contributed by atoms with E-state index < -0.39 is 11.7 Å². The van der Waals surface area contributed by atoms with Crippen molar-refractivity contribution in [1.82, 2.24) is 10.2 Å². The Morgan fingerprint density at radius 3 is 2.35 bits per heavy atom. The zero-order valence-corrected chi connectivity index (χ0v) is 18.7. The predicted molar refractivity (Wildman–Crippen MR) is 123 cm³/mol. The van der Waals surface area contributed by atoms with Gasteiger partial charge in [-0.1, -0.05) is 30.7 Å². The summed E-state index contributed by atoms with van der Waals surface area (Å²) >= 11 is 0. The molecule has 31 heavy (non-hydrogen) atoms. The van der Waals surface area contributed by atoms with Crippen LogP contribution < -0.4 is 10.6 Å². The number of benzene rings is 2. The largest absolute Gasteiger partial charge is 0.444 e. The molecule has 1 fully saturated rings. The molecule has 0 bridgehead atoms. The van der Waals surface area contributed by atoms with E-state index in [9.17, 15) is 9.59 Å². The smallest absolute Gasteiger partial charge is 0.407 e. The van der Waals surface area contributed by atoms with E-state index in [0.29, 0.717) is 12.1 Å². The molecule has 0 radical (unpaired) electrons. The van der Waals surface area contributed by atoms with Gasteiger partial charge < -0.3 is 15.4 Å². The van der Waals surface area contributed by atoms with E-state index in [2.05, 4.69) is 21.6 Å². The molecule has 1 saturated heterocycles. The molecule has 1 aliphatic rings. The van der Waals surface area contributed by atoms with Gasteiger partial charge in [-0.3, -0.25) is 9.69 Å². The van der Waals surface area contributed by atoms with Gasteiger partial charge in [0.15, 0.2) is 0 Å². The van der Waals surface area contributed by atoms with Crippen LogP contribution in [-0.2, 0) is 17.8 Å². The number of rotatable bonds is 6. The van der Waals surface area contributed by atoms with E-state index in [1.54, 1.807) is 12.1 Å². The summed E-state index contributed by atoms with van der Waals surface area (Å²) in [5.41, 5.74) is 2.95. The van der Waals surface area contributed by atoms with Crippen LogP contribution in [0.25, 0.3) is 0 Å². The van der Waals surface area contributed by atoms with Crippen molar-refractivity contribution in [1.29, 1.82) is 0 Å². The summed E-state index contributed by atoms with van der Waals surface area (Å²) in [5, 5.41) is 5.70. The molecular weight excluding hydrogens is 390 g/mol. The molecule has 0 spiro atoms. The Bertz CT molecular complexity index is 882. The summed E-state index contributed by atoms with van der Waals surface area (Å²) in [6.45, 7) is 9.02. The Hall–Kier alpha value is -2.86. The Kier molecular flexibility index (Phi) is 7.69. The van der Waals surface area contributed by atoms with Gasteiger partial charge in [0.1, 0.15) is 5.60 Å². The minimum Gasteiger partial charge on any atom is -0.444 e. The molecule has 166 valence electrons. The first-order valence-corrected chi connectivity index (χ1v) is 11.0. The normalized spacial score (nSPS) is 14.7. The van der Waals surface area contributed by atoms with Crippen molar-refractivity contribution in [3.05, 3.63) is 65.2 Å². The van der Waals surface area contributed by atoms with Crippen LogP contribution in [0, 0.1) is 0 Å². The monoisotopic (exact) mass is 423 g/mol. The maximum atomic E-state index is 12.6. The summed E-state index contributed by atoms with van der Waals surface area (Å²) in [4.78, 5) is 26.9. The number of nitrogens with zero attached hydrogens (tertiary/aromatic N) is 1. The summed E-state index contributed by atoms with van der Waals surface area (Å²) in [7, 11) is 0. The van der Waals surface area contributed by atoms with Crippen molar-refractivity contribution in [2.75, 3.05) is 18.4 Å². The van der Waals surface area contributed by atoms with Gasteiger partial charge in [-0.05, 0) is 82.1 Å². The number of amides is 2. The van der Waals surface area contributed by atoms with E-state index in [4.69, 9.17) is 4.74 Å². The summed E-state index contributed by atoms with van der Waals surface area (Å²) in [6.07, 6.45) is 3.39. The second kappa shape index (κ2) is 10.4. The molecule has 2 aromatic carbocycles. The highest BCUT2D eigenvalue weighted by Crippen LogP contribution is 2.17. The first-order chi connectivity index (χ1) is 14.8. The molecule has 2 amide bonds. The fourth-order valence-electron chi connectivity index (χ4n) is 3.59. The van der Waals surface area contributed by atoms with Gasteiger partial charge in [-0.25, -0.2) is 4.79 Å². The number of ether oxygens (including phenoxy) is 1. The minimum absolute atomic E-state index is 0.151. The van der Waals surface area contributed by atoms with Gasteiger partial charge in [0.2, 0.25) is 0 Å². The summed E-state index contributed by atoms with van der Waals surface area (Å²) in [5.74, 6) is -0.151. The number of piperidine rings is 1. The number of hydrogen-bond donors (Lipinski definition) is 2. The topological polar surface area (TPSA) is 70.7 Å². The Balaban J connectivity index is 1.52. The van der Waals surface area contributed by atoms with Gasteiger partial charge in [0.05, 0.1) is 0 Å². The van der Waals surface area contributed by atoms with Crippen molar-refractivity contribution in [2.24, 2.45) is 0 Å². The highest BCUT2D eigenvalue weighted by atomic mass is 16.6. The highest BCUT2D eigenvalue weighted by molar-refractivity contribution is 6.04. The van der Waals surface area contributed by atoms with Crippen LogP contribution in [-0.4, -0.2) is 35.6 Å². The van der Waals surface area contributed by atoms with Crippen molar-refractivity contribution in [3.8, 4) is 0 Å². The van der Waals surface area contributed by atoms with E-state index in [0.717, 1.165) is 30.9 Å². The third-order valence-corrected chi connectivity index (χ3v) is 5.09. The molecule has 0 aromatic heterocycles. The fraction of sp³-hybridized carbons (Fsp3) is 0.440. The zero-order valence-electron chi connectivity index (χ0n) is 18.7. The van der Waals surface area contributed by atoms with Gasteiger partial charge in [0.25, 0.3) is 5.91 Å². The number of alkyl carbamates (subject to hydrolysis) is 1. The molecule has 0 saturated carbocycles. The Morgan fingerprint density at radius 1 is 0.968 bits per heavy atom. The quantitative estimate of drug-likeness (QED) is 0.690. The zero-order chi connectivity index (χ0) is 22.3. The SMILES string of the molecule is CC(C)(C)OC(=O)NCc1ccc(C(=O)Nc2cccc(CN3CCCCC3)c2)cc1. The van der Waals surface area contributed by atoms with E-state index in [1.807, 2.05) is 51.1 Å². The van der Waals surface area contributed by atoms with Gasteiger partial charge in [-0.2, -0.15) is 0 Å². The second-order valence-electron chi connectivity index (χ2n) is 9.04. The van der Waals surface area contributed by atoms with Crippen LogP contribution in [0.4, 0.5) is 10.5 Å². The third kappa shape index (κ3) is 7.72. The fourth-order valence-corrected chi connectivity index (χ4v) is 3.59. The molecule has 1 aliphatic heterocycles. The molecule has 2 aromatic rings. The minimum atomic E-state index is -0.531. The van der Waals surface area contributed by atoms with Crippen LogP contribution >= 0.6 is 0 Å². The van der Waals surface area contributed by atoms with Gasteiger partial charge >= 0.3 is 6.09 Å². The first-order valence-electron chi connectivity index (χ1n) is 11.0. The lowest BCUT2D eigenvalue weighted by molar-refractivity contribution is 0.0523. The molecule has 6 heteroatoms. The van der Waals surface area contributed by atoms with Crippen molar-refractivity contribution >= 4 is 17.7 Å². The standard InChI is InChI=1S/C25H33N3O3/c1-25(2,3)31-24(30)26-17-19-10-12-21(13-11-19)23(29)27-22-9-7-8-20(16-22)18-28-14-5-4-6-15-28/h7-13,16H,4-6,14-15,17-18H2,1-3H3,(H,26,30)(H,27,29). The second-order valence-corrected chi connectivity index (χ2v) is 9.04. The van der Waals surface area contributed by atoms with Crippen LogP contribution in [0.2, 0.25) is 0 Å². The molecule has 0 atom stereocenters. The third-order valence-electron chi connectivity index (χ3n) is 5.09. The van der Waals surface area contributed by atoms with Crippen LogP contribution in [0.5, 0.6) is 0 Å². The predicted octanol–water partition coefficient (Wildman–Crippen LogP) is 4.95. The summed E-state index contributed by atoms with van der Waals surface area (Å²) in [6, 6.07) is 15.2. The van der Waals surface area contributed by atoms with E-state index >= 15 is 0 Å². The Labute approximate surface area is 185 Å². The molecular formula is C25H33N3O3. The number of likely N-dealkylation sites (tertiary alicyclic amines) is 1. The maximum absolute atomic E-state index is 12.6. The molecule has 0 aliphatic carbocycles. The molecule has 3 rings (SSSR count). The molecule has 0 unspecified atom stereocenters. The average Bonchev–Trinajstić information content (AvgIpc) is 2.72. The Morgan fingerprint density at radius 2 is 1.68 bits per heavy atom. The van der Waals surface area contributed by atoms with Crippen LogP contribution in [0.15, 0.2) is 48.5 Å². The van der Waals surface area contributed by atoms with E-state index in [-0.39, 0.29) is 5.91 Å². The lowest BCUT2D eigenvalue weighted by atomic mass is 10.1. The number of nitrogens with one attached hydrogen (secondary N) is 2. The average molecular weight is 424 g/mol. The summed E-state index contributed by atoms with van der Waals surface area (Å²) < 4.78 is 5.23. The van der Waals surface area contributed by atoms with Crippen molar-refractivity contribution in [3.63, 3.8) is 0 Å². The number of carbonyl (C=O) groups is 2. The lowest BCUT2D eigenvalue weighted by Gasteiger charge is -2.26. The molecule has 1 heterocycles. The van der Waals surface area contributed by atoms with Crippen LogP contribution in [0.1, 0.15) is 61.5 Å². The molecule has 2 N–H and O–H groups in total. The van der Waals surface area contributed by atoms with Gasteiger partial charge in [0, 0.05) is 24.3 Å². The molecule has 6 nitrogen and oxygen atoms in total. The lowest BCUT2D eigenvalue weighted by Crippen LogP contribution is -2.32. The number of anilines is 1. The van der Waals surface area contributed by atoms with Crippen molar-refractivity contribution < 1.29 is 14.3 Å². The van der Waals surface area contributed by atoms with Gasteiger partial charge in [-0.15, -0.1) is 0 Å². The van der Waals surface area contributed by atoms with Crippen molar-refractivity contribution in [2.45, 2.75) is 58.7 Å². The number of carbonyl (C=O) groups excluding carboxylic acids is 2. The highest BCUT2D eigenvalue weighted by Gasteiger charge is 2.16. The number of hydrogen-bond acceptors (Lipinski definition) is 4. The van der Waals surface area contributed by atoms with E-state index in [1.165, 1.54) is 24.8 Å².